The Morgan fingerprint density at radius 1 is 1.32 bits per heavy atom. The van der Waals surface area contributed by atoms with Crippen LogP contribution in [-0.4, -0.2) is 39.9 Å². The molecule has 3 aromatic rings. The van der Waals surface area contributed by atoms with Crippen LogP contribution < -0.4 is 5.32 Å². The number of carbonyl (C=O) groups excluding carboxylic acids is 1. The number of halogens is 1. The number of hydrogen-bond acceptors (Lipinski definition) is 6. The molecule has 0 saturated carbocycles. The molecule has 1 aliphatic rings. The second kappa shape index (κ2) is 8.14. The minimum absolute atomic E-state index is 0.204. The SMILES string of the molecule is O=C(NCc1ccccc1Cl)c1ccc2sc([C@H]3C[C@H](O)[C@@H](CO)O3)nc2c1. The summed E-state index contributed by atoms with van der Waals surface area (Å²) >= 11 is 7.59. The van der Waals surface area contributed by atoms with E-state index in [2.05, 4.69) is 10.3 Å². The van der Waals surface area contributed by atoms with Crippen molar-refractivity contribution in [2.45, 2.75) is 31.3 Å². The van der Waals surface area contributed by atoms with Crippen LogP contribution in [0.3, 0.4) is 0 Å². The maximum Gasteiger partial charge on any atom is 0.251 e. The molecule has 0 radical (unpaired) electrons. The highest BCUT2D eigenvalue weighted by Crippen LogP contribution is 2.37. The molecule has 1 fully saturated rings. The van der Waals surface area contributed by atoms with Crippen LogP contribution in [0.5, 0.6) is 0 Å². The van der Waals surface area contributed by atoms with E-state index in [0.717, 1.165) is 15.3 Å². The molecular formula is C20H19ClN2O4S. The first kappa shape index (κ1) is 19.3. The standard InChI is InChI=1S/C20H19ClN2O4S/c21-13-4-2-1-3-12(13)9-22-19(26)11-5-6-18-14(7-11)23-20(28-18)16-8-15(25)17(10-24)27-16/h1-7,15-17,24-25H,8-10H2,(H,22,26)/t15-,16+,17+/m0/s1. The molecule has 0 spiro atoms. The fraction of sp³-hybridized carbons (Fsp3) is 0.300. The summed E-state index contributed by atoms with van der Waals surface area (Å²) in [4.78, 5) is 17.1. The summed E-state index contributed by atoms with van der Waals surface area (Å²) in [7, 11) is 0. The fourth-order valence-corrected chi connectivity index (χ4v) is 4.40. The van der Waals surface area contributed by atoms with Crippen molar-refractivity contribution in [3.05, 3.63) is 63.6 Å². The highest BCUT2D eigenvalue weighted by atomic mass is 35.5. The molecule has 4 rings (SSSR count). The maximum atomic E-state index is 12.5. The number of hydrogen-bond donors (Lipinski definition) is 3. The molecule has 2 heterocycles. The Morgan fingerprint density at radius 3 is 2.89 bits per heavy atom. The zero-order valence-corrected chi connectivity index (χ0v) is 16.4. The predicted molar refractivity (Wildman–Crippen MR) is 108 cm³/mol. The Labute approximate surface area is 170 Å². The van der Waals surface area contributed by atoms with Gasteiger partial charge in [0.1, 0.15) is 17.2 Å². The average molecular weight is 419 g/mol. The maximum absolute atomic E-state index is 12.5. The van der Waals surface area contributed by atoms with Gasteiger partial charge in [-0.15, -0.1) is 11.3 Å². The van der Waals surface area contributed by atoms with E-state index in [1.807, 2.05) is 24.3 Å². The molecule has 28 heavy (non-hydrogen) atoms. The third-order valence-electron chi connectivity index (χ3n) is 4.74. The molecule has 0 aliphatic carbocycles. The monoisotopic (exact) mass is 418 g/mol. The molecule has 6 nitrogen and oxygen atoms in total. The molecule has 0 unspecified atom stereocenters. The lowest BCUT2D eigenvalue weighted by atomic mass is 10.1. The molecule has 2 aromatic carbocycles. The van der Waals surface area contributed by atoms with Crippen LogP contribution in [0.1, 0.15) is 33.5 Å². The number of aromatic nitrogens is 1. The van der Waals surface area contributed by atoms with Crippen molar-refractivity contribution in [3.8, 4) is 0 Å². The van der Waals surface area contributed by atoms with E-state index < -0.39 is 12.2 Å². The lowest BCUT2D eigenvalue weighted by Gasteiger charge is -2.09. The molecule has 1 aliphatic heterocycles. The van der Waals surface area contributed by atoms with Crippen LogP contribution in [0.15, 0.2) is 42.5 Å². The smallest absolute Gasteiger partial charge is 0.251 e. The van der Waals surface area contributed by atoms with Gasteiger partial charge in [0.2, 0.25) is 0 Å². The van der Waals surface area contributed by atoms with E-state index in [0.29, 0.717) is 29.1 Å². The van der Waals surface area contributed by atoms with Crippen LogP contribution in [0.2, 0.25) is 5.02 Å². The molecule has 3 N–H and O–H groups in total. The lowest BCUT2D eigenvalue weighted by molar-refractivity contribution is -0.0225. The fourth-order valence-electron chi connectivity index (χ4n) is 3.20. The van der Waals surface area contributed by atoms with Gasteiger partial charge in [0.15, 0.2) is 0 Å². The van der Waals surface area contributed by atoms with Crippen LogP contribution in [0, 0.1) is 0 Å². The summed E-state index contributed by atoms with van der Waals surface area (Å²) in [5.41, 5.74) is 2.07. The summed E-state index contributed by atoms with van der Waals surface area (Å²) in [6.45, 7) is 0.119. The van der Waals surface area contributed by atoms with Gasteiger partial charge < -0.3 is 20.3 Å². The molecular weight excluding hydrogens is 400 g/mol. The number of rotatable bonds is 5. The summed E-state index contributed by atoms with van der Waals surface area (Å²) in [6, 6.07) is 12.7. The first-order valence-corrected chi connectivity index (χ1v) is 10.1. The van der Waals surface area contributed by atoms with Gasteiger partial charge in [-0.2, -0.15) is 0 Å². The minimum atomic E-state index is -0.701. The van der Waals surface area contributed by atoms with Gasteiger partial charge in [-0.05, 0) is 29.8 Å². The zero-order valence-electron chi connectivity index (χ0n) is 14.8. The third kappa shape index (κ3) is 3.90. The summed E-state index contributed by atoms with van der Waals surface area (Å²) in [6.07, 6.45) is -1.23. The van der Waals surface area contributed by atoms with Crippen molar-refractivity contribution in [1.82, 2.24) is 10.3 Å². The Morgan fingerprint density at radius 2 is 2.14 bits per heavy atom. The number of carbonyl (C=O) groups is 1. The largest absolute Gasteiger partial charge is 0.394 e. The molecule has 1 amide bonds. The Hall–Kier alpha value is -2.03. The van der Waals surface area contributed by atoms with Gasteiger partial charge in [0.25, 0.3) is 5.91 Å². The van der Waals surface area contributed by atoms with Crippen LogP contribution in [0.4, 0.5) is 0 Å². The van der Waals surface area contributed by atoms with Crippen LogP contribution >= 0.6 is 22.9 Å². The number of aliphatic hydroxyl groups is 2. The summed E-state index contributed by atoms with van der Waals surface area (Å²) in [5.74, 6) is -0.204. The first-order chi connectivity index (χ1) is 13.5. The second-order valence-electron chi connectivity index (χ2n) is 6.66. The van der Waals surface area contributed by atoms with E-state index in [1.165, 1.54) is 11.3 Å². The first-order valence-electron chi connectivity index (χ1n) is 8.91. The summed E-state index contributed by atoms with van der Waals surface area (Å²) in [5, 5.41) is 23.4. The van der Waals surface area contributed by atoms with Gasteiger partial charge in [0, 0.05) is 23.6 Å². The van der Waals surface area contributed by atoms with Gasteiger partial charge in [-0.25, -0.2) is 4.98 Å². The molecule has 3 atom stereocenters. The second-order valence-corrected chi connectivity index (χ2v) is 8.13. The summed E-state index contributed by atoms with van der Waals surface area (Å²) < 4.78 is 6.60. The van der Waals surface area contributed by atoms with Crippen molar-refractivity contribution < 1.29 is 19.7 Å². The van der Waals surface area contributed by atoms with Crippen LogP contribution in [-0.2, 0) is 11.3 Å². The number of thiazole rings is 1. The normalized spacial score (nSPS) is 21.9. The topological polar surface area (TPSA) is 91.7 Å². The predicted octanol–water partition coefficient (Wildman–Crippen LogP) is 3.06. The molecule has 8 heteroatoms. The number of benzene rings is 2. The average Bonchev–Trinajstić information content (AvgIpc) is 3.29. The Kier molecular flexibility index (Phi) is 5.61. The van der Waals surface area contributed by atoms with Crippen molar-refractivity contribution in [1.29, 1.82) is 0 Å². The van der Waals surface area contributed by atoms with Crippen LogP contribution in [0.25, 0.3) is 10.2 Å². The van der Waals surface area contributed by atoms with Gasteiger partial charge >= 0.3 is 0 Å². The highest BCUT2D eigenvalue weighted by Gasteiger charge is 2.35. The van der Waals surface area contributed by atoms with E-state index in [4.69, 9.17) is 16.3 Å². The Balaban J connectivity index is 1.48. The van der Waals surface area contributed by atoms with E-state index >= 15 is 0 Å². The minimum Gasteiger partial charge on any atom is -0.394 e. The number of nitrogens with zero attached hydrogens (tertiary/aromatic N) is 1. The zero-order chi connectivity index (χ0) is 19.7. The van der Waals surface area contributed by atoms with Gasteiger partial charge in [-0.3, -0.25) is 4.79 Å². The number of amides is 1. The van der Waals surface area contributed by atoms with Crippen molar-refractivity contribution in [3.63, 3.8) is 0 Å². The molecule has 146 valence electrons. The van der Waals surface area contributed by atoms with Crippen molar-refractivity contribution in [2.75, 3.05) is 6.61 Å². The lowest BCUT2D eigenvalue weighted by Crippen LogP contribution is -2.24. The molecule has 1 saturated heterocycles. The number of ether oxygens (including phenoxy) is 1. The molecule has 0 bridgehead atoms. The van der Waals surface area contributed by atoms with E-state index in [-0.39, 0.29) is 18.6 Å². The van der Waals surface area contributed by atoms with E-state index in [1.54, 1.807) is 18.2 Å². The number of fused-ring (bicyclic) bond motifs is 1. The number of aliphatic hydroxyl groups excluding tert-OH is 2. The molecule has 1 aromatic heterocycles. The van der Waals surface area contributed by atoms with E-state index in [9.17, 15) is 15.0 Å². The Bertz CT molecular complexity index is 1010. The third-order valence-corrected chi connectivity index (χ3v) is 6.24. The van der Waals surface area contributed by atoms with Gasteiger partial charge in [-0.1, -0.05) is 29.8 Å². The van der Waals surface area contributed by atoms with Crippen molar-refractivity contribution in [2.24, 2.45) is 0 Å². The van der Waals surface area contributed by atoms with Gasteiger partial charge in [0.05, 0.1) is 22.9 Å². The number of nitrogens with one attached hydrogen (secondary N) is 1. The highest BCUT2D eigenvalue weighted by molar-refractivity contribution is 7.18. The van der Waals surface area contributed by atoms with Crippen molar-refractivity contribution >= 4 is 39.1 Å². The quantitative estimate of drug-likeness (QED) is 0.592.